The molecule has 8 heavy (non-hydrogen) atoms. The topological polar surface area (TPSA) is 67.2 Å². The summed E-state index contributed by atoms with van der Waals surface area (Å²) in [5.41, 5.74) is 4.76. The Morgan fingerprint density at radius 1 is 1.62 bits per heavy atom. The molecule has 0 aliphatic heterocycles. The fourth-order valence-corrected chi connectivity index (χ4v) is 0.311. The molecule has 0 radical (unpaired) electrons. The molecular weight excluding hydrogens is 106 g/mol. The second-order valence-corrected chi connectivity index (χ2v) is 1.39. The molecule has 4 N–H and O–H groups in total. The molecule has 2 amide bonds. The molecule has 0 aliphatic carbocycles. The predicted molar refractivity (Wildman–Crippen MR) is 31.5 cm³/mol. The molecule has 0 spiro atoms. The minimum Gasteiger partial charge on any atom is -0.352 e. The second-order valence-electron chi connectivity index (χ2n) is 1.39. The van der Waals surface area contributed by atoms with Crippen LogP contribution in [0, 0.1) is 0 Å². The number of hydrogen-bond donors (Lipinski definition) is 3. The number of hydrogen-bond acceptors (Lipinski definition) is 2. The van der Waals surface area contributed by atoms with E-state index in [-0.39, 0.29) is 0 Å². The van der Waals surface area contributed by atoms with Crippen LogP contribution >= 0.6 is 0 Å². The van der Waals surface area contributed by atoms with E-state index >= 15 is 0 Å². The van der Waals surface area contributed by atoms with Gasteiger partial charge in [-0.15, -0.1) is 0 Å². The average Bonchev–Trinajstić information content (AvgIpc) is 1.66. The van der Waals surface area contributed by atoms with Crippen molar-refractivity contribution < 1.29 is 4.79 Å². The summed E-state index contributed by atoms with van der Waals surface area (Å²) >= 11 is 0. The Hall–Kier alpha value is -0.770. The van der Waals surface area contributed by atoms with Crippen LogP contribution in [0.1, 0.15) is 0 Å². The van der Waals surface area contributed by atoms with Gasteiger partial charge in [0.2, 0.25) is 0 Å². The second kappa shape index (κ2) is 4.39. The molecule has 0 rings (SSSR count). The van der Waals surface area contributed by atoms with Gasteiger partial charge in [0.1, 0.15) is 0 Å². The summed E-state index contributed by atoms with van der Waals surface area (Å²) in [7, 11) is 1.81. The van der Waals surface area contributed by atoms with Crippen LogP contribution < -0.4 is 16.4 Å². The highest BCUT2D eigenvalue weighted by Gasteiger charge is 1.85. The maximum atomic E-state index is 9.96. The van der Waals surface area contributed by atoms with Crippen molar-refractivity contribution in [1.29, 1.82) is 0 Å². The number of carbonyl (C=O) groups is 1. The lowest BCUT2D eigenvalue weighted by Crippen LogP contribution is -2.34. The van der Waals surface area contributed by atoms with Crippen LogP contribution in [0.4, 0.5) is 4.79 Å². The molecule has 0 bridgehead atoms. The number of urea groups is 1. The molecule has 4 nitrogen and oxygen atoms in total. The molecule has 0 heterocycles. The zero-order valence-electron chi connectivity index (χ0n) is 4.90. The molecule has 0 aromatic carbocycles. The summed E-state index contributed by atoms with van der Waals surface area (Å²) in [6, 6.07) is -0.472. The zero-order valence-corrected chi connectivity index (χ0v) is 4.90. The molecule has 0 unspecified atom stereocenters. The molecule has 0 atom stereocenters. The van der Waals surface area contributed by atoms with Crippen LogP contribution in [0.2, 0.25) is 0 Å². The number of primary amides is 1. The van der Waals surface area contributed by atoms with Crippen LogP contribution in [-0.2, 0) is 0 Å². The van der Waals surface area contributed by atoms with Crippen molar-refractivity contribution in [3.63, 3.8) is 0 Å². The first-order valence-corrected chi connectivity index (χ1v) is 2.45. The van der Waals surface area contributed by atoms with Gasteiger partial charge in [0, 0.05) is 13.1 Å². The van der Waals surface area contributed by atoms with E-state index in [4.69, 9.17) is 5.73 Å². The number of nitrogens with two attached hydrogens (primary N) is 1. The molecule has 0 aromatic heterocycles. The average molecular weight is 117 g/mol. The summed E-state index contributed by atoms with van der Waals surface area (Å²) in [5, 5.41) is 5.28. The summed E-state index contributed by atoms with van der Waals surface area (Å²) < 4.78 is 0. The van der Waals surface area contributed by atoms with E-state index < -0.39 is 6.03 Å². The zero-order chi connectivity index (χ0) is 6.41. The van der Waals surface area contributed by atoms with E-state index in [0.717, 1.165) is 6.54 Å². The van der Waals surface area contributed by atoms with Gasteiger partial charge in [-0.1, -0.05) is 0 Å². The van der Waals surface area contributed by atoms with Crippen molar-refractivity contribution in [1.82, 2.24) is 10.6 Å². The Balaban J connectivity index is 2.82. The minimum atomic E-state index is -0.472. The minimum absolute atomic E-state index is 0.472. The van der Waals surface area contributed by atoms with Crippen molar-refractivity contribution in [3.8, 4) is 0 Å². The van der Waals surface area contributed by atoms with Gasteiger partial charge in [0.15, 0.2) is 0 Å². The summed E-state index contributed by atoms with van der Waals surface area (Å²) in [5.74, 6) is 0. The summed E-state index contributed by atoms with van der Waals surface area (Å²) in [6.45, 7) is 1.34. The Bertz CT molecular complexity index is 73.7. The maximum absolute atomic E-state index is 9.96. The third-order valence-corrected chi connectivity index (χ3v) is 0.674. The van der Waals surface area contributed by atoms with Crippen LogP contribution in [0.3, 0.4) is 0 Å². The van der Waals surface area contributed by atoms with Crippen molar-refractivity contribution >= 4 is 6.03 Å². The molecule has 0 fully saturated rings. The van der Waals surface area contributed by atoms with E-state index in [1.807, 2.05) is 7.05 Å². The molecule has 0 aliphatic rings. The first-order chi connectivity index (χ1) is 3.77. The van der Waals surface area contributed by atoms with Crippen LogP contribution in [0.5, 0.6) is 0 Å². The Morgan fingerprint density at radius 2 is 2.25 bits per heavy atom. The number of likely N-dealkylation sites (N-methyl/N-ethyl adjacent to an activating group) is 1. The van der Waals surface area contributed by atoms with Crippen LogP contribution in [-0.4, -0.2) is 26.2 Å². The van der Waals surface area contributed by atoms with Crippen molar-refractivity contribution in [2.45, 2.75) is 0 Å². The SMILES string of the molecule is CNCCNC(N)=O. The fraction of sp³-hybridized carbons (Fsp3) is 0.750. The number of rotatable bonds is 3. The van der Waals surface area contributed by atoms with E-state index in [0.29, 0.717) is 6.54 Å². The van der Waals surface area contributed by atoms with Crippen LogP contribution in [0.15, 0.2) is 0 Å². The normalized spacial score (nSPS) is 8.62. The lowest BCUT2D eigenvalue weighted by Gasteiger charge is -1.97. The smallest absolute Gasteiger partial charge is 0.312 e. The van der Waals surface area contributed by atoms with Crippen molar-refractivity contribution in [2.24, 2.45) is 5.73 Å². The maximum Gasteiger partial charge on any atom is 0.312 e. The van der Waals surface area contributed by atoms with E-state index in [9.17, 15) is 4.79 Å². The summed E-state index contributed by atoms with van der Waals surface area (Å²) in [6.07, 6.45) is 0. The van der Waals surface area contributed by atoms with Crippen molar-refractivity contribution in [2.75, 3.05) is 20.1 Å². The third-order valence-electron chi connectivity index (χ3n) is 0.674. The van der Waals surface area contributed by atoms with Gasteiger partial charge in [-0.05, 0) is 7.05 Å². The molecule has 0 saturated heterocycles. The van der Waals surface area contributed by atoms with E-state index in [1.54, 1.807) is 0 Å². The lowest BCUT2D eigenvalue weighted by atomic mass is 10.6. The first-order valence-electron chi connectivity index (χ1n) is 2.45. The van der Waals surface area contributed by atoms with Gasteiger partial charge in [0.25, 0.3) is 0 Å². The Labute approximate surface area is 48.4 Å². The monoisotopic (exact) mass is 117 g/mol. The number of carbonyl (C=O) groups excluding carboxylic acids is 1. The highest BCUT2D eigenvalue weighted by Crippen LogP contribution is 1.53. The Morgan fingerprint density at radius 3 is 2.62 bits per heavy atom. The van der Waals surface area contributed by atoms with Gasteiger partial charge in [-0.25, -0.2) is 4.79 Å². The summed E-state index contributed by atoms with van der Waals surface area (Å²) in [4.78, 5) is 9.96. The number of amides is 2. The standard InChI is InChI=1S/C4H11N3O/c1-6-2-3-7-4(5)8/h6H,2-3H2,1H3,(H3,5,7,8). The highest BCUT2D eigenvalue weighted by molar-refractivity contribution is 5.71. The Kier molecular flexibility index (Phi) is 3.97. The molecule has 4 heteroatoms. The highest BCUT2D eigenvalue weighted by atomic mass is 16.2. The number of nitrogens with one attached hydrogen (secondary N) is 2. The van der Waals surface area contributed by atoms with Gasteiger partial charge in [-0.3, -0.25) is 0 Å². The third kappa shape index (κ3) is 5.23. The van der Waals surface area contributed by atoms with Gasteiger partial charge in [0.05, 0.1) is 0 Å². The predicted octanol–water partition coefficient (Wildman–Crippen LogP) is -1.13. The lowest BCUT2D eigenvalue weighted by molar-refractivity contribution is 0.249. The van der Waals surface area contributed by atoms with Crippen molar-refractivity contribution in [3.05, 3.63) is 0 Å². The van der Waals surface area contributed by atoms with Crippen LogP contribution in [0.25, 0.3) is 0 Å². The van der Waals surface area contributed by atoms with E-state index in [2.05, 4.69) is 10.6 Å². The molecule has 0 aromatic rings. The van der Waals surface area contributed by atoms with Gasteiger partial charge in [-0.2, -0.15) is 0 Å². The molecule has 0 saturated carbocycles. The first kappa shape index (κ1) is 7.23. The quantitative estimate of drug-likeness (QED) is 0.410. The molecular formula is C4H11N3O. The fourth-order valence-electron chi connectivity index (χ4n) is 0.311. The molecule has 48 valence electrons. The van der Waals surface area contributed by atoms with E-state index in [1.165, 1.54) is 0 Å². The van der Waals surface area contributed by atoms with Gasteiger partial charge >= 0.3 is 6.03 Å². The largest absolute Gasteiger partial charge is 0.352 e. The van der Waals surface area contributed by atoms with Gasteiger partial charge < -0.3 is 16.4 Å².